The smallest absolute Gasteiger partial charge is 0.0210 e. The van der Waals surface area contributed by atoms with Gasteiger partial charge in [-0.25, -0.2) is 0 Å². The summed E-state index contributed by atoms with van der Waals surface area (Å²) in [6.45, 7) is 2.73. The lowest BCUT2D eigenvalue weighted by molar-refractivity contribution is 0.313. The highest BCUT2D eigenvalue weighted by atomic mass is 15.2. The molecule has 0 aromatic carbocycles. The summed E-state index contributed by atoms with van der Waals surface area (Å²) in [5.41, 5.74) is 0. The number of nitrogens with one attached hydrogen (secondary N) is 1. The number of hydrogen-bond acceptors (Lipinski definition) is 2. The molecule has 0 radical (unpaired) electrons. The van der Waals surface area contributed by atoms with Crippen LogP contribution in [-0.2, 0) is 0 Å². The third kappa shape index (κ3) is 1.40. The average molecular weight is 232 g/mol. The van der Waals surface area contributed by atoms with Crippen LogP contribution in [0.2, 0.25) is 0 Å². The van der Waals surface area contributed by atoms with Crippen molar-refractivity contribution in [1.29, 1.82) is 0 Å². The van der Waals surface area contributed by atoms with E-state index in [9.17, 15) is 0 Å². The predicted molar refractivity (Wildman–Crippen MR) is 67.7 cm³/mol. The van der Waals surface area contributed by atoms with Gasteiger partial charge in [0.1, 0.15) is 0 Å². The first-order valence-electron chi connectivity index (χ1n) is 7.90. The topological polar surface area (TPSA) is 15.3 Å². The second-order valence-electron chi connectivity index (χ2n) is 7.39. The molecule has 5 fully saturated rings. The Kier molecular flexibility index (Phi) is 1.88. The van der Waals surface area contributed by atoms with Crippen LogP contribution in [0.25, 0.3) is 0 Å². The maximum absolute atomic E-state index is 4.03. The average Bonchev–Trinajstić information content (AvgIpc) is 3.16. The fourth-order valence-corrected chi connectivity index (χ4v) is 5.52. The van der Waals surface area contributed by atoms with Crippen LogP contribution in [0, 0.1) is 23.7 Å². The highest BCUT2D eigenvalue weighted by Gasteiger charge is 2.65. The van der Waals surface area contributed by atoms with E-state index in [4.69, 9.17) is 0 Å². The zero-order valence-electron chi connectivity index (χ0n) is 10.6. The quantitative estimate of drug-likeness (QED) is 0.799. The molecule has 0 aromatic heterocycles. The van der Waals surface area contributed by atoms with E-state index in [1.165, 1.54) is 32.4 Å². The van der Waals surface area contributed by atoms with Gasteiger partial charge in [0.25, 0.3) is 0 Å². The second kappa shape index (κ2) is 3.27. The van der Waals surface area contributed by atoms with Crippen molar-refractivity contribution in [2.75, 3.05) is 13.1 Å². The Morgan fingerprint density at radius 2 is 1.65 bits per heavy atom. The maximum atomic E-state index is 4.03. The Labute approximate surface area is 104 Å². The lowest BCUT2D eigenvalue weighted by Gasteiger charge is -2.17. The van der Waals surface area contributed by atoms with E-state index in [0.717, 1.165) is 41.8 Å². The Bertz CT molecular complexity index is 322. The number of nitrogens with zero attached hydrogens (tertiary/aromatic N) is 1. The van der Waals surface area contributed by atoms with E-state index in [0.29, 0.717) is 0 Å². The van der Waals surface area contributed by atoms with Crippen LogP contribution in [0.5, 0.6) is 0 Å². The molecule has 4 saturated carbocycles. The highest BCUT2D eigenvalue weighted by molar-refractivity contribution is 5.17. The summed E-state index contributed by atoms with van der Waals surface area (Å²) in [6.07, 6.45) is 9.08. The number of hydrogen-bond donors (Lipinski definition) is 1. The van der Waals surface area contributed by atoms with E-state index < -0.39 is 0 Å². The summed E-state index contributed by atoms with van der Waals surface area (Å²) in [6, 6.07) is 2.77. The molecule has 5 rings (SSSR count). The van der Waals surface area contributed by atoms with Gasteiger partial charge >= 0.3 is 0 Å². The second-order valence-corrected chi connectivity index (χ2v) is 7.39. The van der Waals surface area contributed by atoms with Gasteiger partial charge in [0, 0.05) is 31.2 Å². The standard InChI is InChI=1S/C15H24N2/c1-2-10-7-9(1)13-14(10)15(13)16-11-5-6-17(8-11)12-3-4-12/h9-16H,1-8H2. The van der Waals surface area contributed by atoms with Crippen molar-refractivity contribution >= 4 is 0 Å². The Hall–Kier alpha value is -0.0800. The third-order valence-corrected chi connectivity index (χ3v) is 6.45. The fraction of sp³-hybridized carbons (Fsp3) is 1.00. The van der Waals surface area contributed by atoms with E-state index >= 15 is 0 Å². The number of fused-ring (bicyclic) bond motifs is 5. The first-order valence-corrected chi connectivity index (χ1v) is 7.90. The molecule has 0 spiro atoms. The summed E-state index contributed by atoms with van der Waals surface area (Å²) >= 11 is 0. The molecule has 1 saturated heterocycles. The van der Waals surface area contributed by atoms with Crippen LogP contribution in [0.1, 0.15) is 38.5 Å². The van der Waals surface area contributed by atoms with Gasteiger partial charge in [-0.2, -0.15) is 0 Å². The normalized spacial score (nSPS) is 56.5. The van der Waals surface area contributed by atoms with Crippen LogP contribution < -0.4 is 5.32 Å². The van der Waals surface area contributed by atoms with Gasteiger partial charge in [0.2, 0.25) is 0 Å². The Morgan fingerprint density at radius 1 is 0.882 bits per heavy atom. The van der Waals surface area contributed by atoms with E-state index in [1.54, 1.807) is 19.3 Å². The number of likely N-dealkylation sites (tertiary alicyclic amines) is 1. The van der Waals surface area contributed by atoms with Crippen LogP contribution in [0.4, 0.5) is 0 Å². The molecule has 4 aliphatic carbocycles. The van der Waals surface area contributed by atoms with Crippen molar-refractivity contribution < 1.29 is 0 Å². The van der Waals surface area contributed by atoms with Crippen molar-refractivity contribution in [2.45, 2.75) is 56.7 Å². The van der Waals surface area contributed by atoms with Crippen LogP contribution in [0.3, 0.4) is 0 Å². The van der Waals surface area contributed by atoms with Gasteiger partial charge in [0.15, 0.2) is 0 Å². The molecular weight excluding hydrogens is 208 g/mol. The maximum Gasteiger partial charge on any atom is 0.0210 e. The van der Waals surface area contributed by atoms with E-state index in [1.807, 2.05) is 0 Å². The summed E-state index contributed by atoms with van der Waals surface area (Å²) in [7, 11) is 0. The monoisotopic (exact) mass is 232 g/mol. The summed E-state index contributed by atoms with van der Waals surface area (Å²) < 4.78 is 0. The molecule has 5 atom stereocenters. The fourth-order valence-electron chi connectivity index (χ4n) is 5.52. The van der Waals surface area contributed by atoms with Crippen molar-refractivity contribution in [3.63, 3.8) is 0 Å². The summed E-state index contributed by atoms with van der Waals surface area (Å²) in [5, 5.41) is 4.03. The highest BCUT2D eigenvalue weighted by Crippen LogP contribution is 2.65. The molecule has 2 bridgehead atoms. The molecule has 1 heterocycles. The van der Waals surface area contributed by atoms with Gasteiger partial charge in [-0.15, -0.1) is 0 Å². The van der Waals surface area contributed by atoms with Crippen molar-refractivity contribution in [3.8, 4) is 0 Å². The van der Waals surface area contributed by atoms with Crippen LogP contribution in [-0.4, -0.2) is 36.1 Å². The van der Waals surface area contributed by atoms with Gasteiger partial charge in [0.05, 0.1) is 0 Å². The Morgan fingerprint density at radius 3 is 2.35 bits per heavy atom. The SMILES string of the molecule is C1CN(C2CC2)CC1NC1C2C3CCC(C3)C12. The van der Waals surface area contributed by atoms with Crippen LogP contribution in [0.15, 0.2) is 0 Å². The van der Waals surface area contributed by atoms with Crippen molar-refractivity contribution in [1.82, 2.24) is 10.2 Å². The van der Waals surface area contributed by atoms with Crippen LogP contribution >= 0.6 is 0 Å². The van der Waals surface area contributed by atoms with Crippen molar-refractivity contribution in [2.24, 2.45) is 23.7 Å². The minimum Gasteiger partial charge on any atom is -0.309 e. The first-order chi connectivity index (χ1) is 8.40. The summed E-state index contributed by atoms with van der Waals surface area (Å²) in [5.74, 6) is 4.49. The largest absolute Gasteiger partial charge is 0.309 e. The lowest BCUT2D eigenvalue weighted by atomic mass is 10.0. The number of rotatable bonds is 3. The van der Waals surface area contributed by atoms with Gasteiger partial charge in [-0.1, -0.05) is 0 Å². The van der Waals surface area contributed by atoms with Gasteiger partial charge < -0.3 is 5.32 Å². The molecule has 1 aliphatic heterocycles. The molecule has 94 valence electrons. The minimum atomic E-state index is 0.839. The molecule has 2 nitrogen and oxygen atoms in total. The van der Waals surface area contributed by atoms with Gasteiger partial charge in [-0.3, -0.25) is 4.90 Å². The Balaban J connectivity index is 1.20. The zero-order valence-corrected chi connectivity index (χ0v) is 10.6. The first kappa shape index (κ1) is 9.80. The van der Waals surface area contributed by atoms with E-state index in [2.05, 4.69) is 10.2 Å². The van der Waals surface area contributed by atoms with E-state index in [-0.39, 0.29) is 0 Å². The third-order valence-electron chi connectivity index (χ3n) is 6.45. The molecule has 2 heteroatoms. The van der Waals surface area contributed by atoms with Gasteiger partial charge in [-0.05, 0) is 62.2 Å². The zero-order chi connectivity index (χ0) is 11.0. The van der Waals surface area contributed by atoms with Crippen molar-refractivity contribution in [3.05, 3.63) is 0 Å². The molecule has 17 heavy (non-hydrogen) atoms. The molecule has 1 N–H and O–H groups in total. The molecule has 0 amide bonds. The minimum absolute atomic E-state index is 0.839. The molecule has 5 aliphatic rings. The molecule has 0 aromatic rings. The molecular formula is C15H24N2. The summed E-state index contributed by atoms with van der Waals surface area (Å²) in [4.78, 5) is 2.74. The lowest BCUT2D eigenvalue weighted by Crippen LogP contribution is -2.37. The molecule has 5 unspecified atom stereocenters. The predicted octanol–water partition coefficient (Wildman–Crippen LogP) is 1.86.